The van der Waals surface area contributed by atoms with Gasteiger partial charge in [0.1, 0.15) is 0 Å². The van der Waals surface area contributed by atoms with Gasteiger partial charge < -0.3 is 10.2 Å². The van der Waals surface area contributed by atoms with Gasteiger partial charge >= 0.3 is 0 Å². The number of nitrogens with one attached hydrogen (secondary N) is 1. The first-order valence-electron chi connectivity index (χ1n) is 12.1. The molecule has 1 heterocycles. The Hall–Kier alpha value is -2.66. The fraction of sp³-hybridized carbons (Fsp3) is 0.310. The molecule has 1 N–H and O–H groups in total. The van der Waals surface area contributed by atoms with Crippen LogP contribution in [0, 0.1) is 0 Å². The third-order valence-electron chi connectivity index (χ3n) is 6.58. The highest BCUT2D eigenvalue weighted by Crippen LogP contribution is 2.30. The smallest absolute Gasteiger partial charge is 0.227 e. The van der Waals surface area contributed by atoms with Crippen molar-refractivity contribution in [2.75, 3.05) is 19.6 Å². The van der Waals surface area contributed by atoms with Gasteiger partial charge in [0, 0.05) is 36.1 Å². The Labute approximate surface area is 217 Å². The lowest BCUT2D eigenvalue weighted by atomic mass is 9.88. The lowest BCUT2D eigenvalue weighted by molar-refractivity contribution is -0.131. The molecule has 4 rings (SSSR count). The minimum atomic E-state index is 0.0631. The molecular formula is C29H30Cl2N2O2. The summed E-state index contributed by atoms with van der Waals surface area (Å²) in [6.45, 7) is 2.50. The molecule has 1 aliphatic rings. The minimum absolute atomic E-state index is 0.0631. The van der Waals surface area contributed by atoms with E-state index in [0.29, 0.717) is 41.0 Å². The number of hydrogen-bond acceptors (Lipinski definition) is 3. The van der Waals surface area contributed by atoms with E-state index in [0.717, 1.165) is 31.5 Å². The lowest BCUT2D eigenvalue weighted by Crippen LogP contribution is -2.38. The standard InChI is InChI=1S/C29H30Cl2N2O2/c30-27-7-4-8-28(31)26(27)18-29(35)33-15-13-24(14-16-33)23-11-9-21(10-12-23)17-25(34)20-32-19-22-5-2-1-3-6-22/h1-12,24,32H,13-20H2. The van der Waals surface area contributed by atoms with Crippen molar-refractivity contribution < 1.29 is 9.59 Å². The molecule has 182 valence electrons. The summed E-state index contributed by atoms with van der Waals surface area (Å²) >= 11 is 12.5. The van der Waals surface area contributed by atoms with Gasteiger partial charge in [-0.25, -0.2) is 0 Å². The highest BCUT2D eigenvalue weighted by molar-refractivity contribution is 6.36. The number of likely N-dealkylation sites (tertiary alicyclic amines) is 1. The summed E-state index contributed by atoms with van der Waals surface area (Å²) < 4.78 is 0. The maximum atomic E-state index is 12.8. The third kappa shape index (κ3) is 7.17. The second-order valence-electron chi connectivity index (χ2n) is 9.08. The normalized spacial score (nSPS) is 14.2. The van der Waals surface area contributed by atoms with Crippen LogP contribution in [-0.4, -0.2) is 36.2 Å². The summed E-state index contributed by atoms with van der Waals surface area (Å²) in [6, 6.07) is 23.8. The van der Waals surface area contributed by atoms with E-state index in [1.165, 1.54) is 11.1 Å². The van der Waals surface area contributed by atoms with Crippen molar-refractivity contribution in [2.45, 2.75) is 38.1 Å². The van der Waals surface area contributed by atoms with Crippen molar-refractivity contribution in [1.29, 1.82) is 0 Å². The minimum Gasteiger partial charge on any atom is -0.342 e. The first-order chi connectivity index (χ1) is 17.0. The highest BCUT2D eigenvalue weighted by Gasteiger charge is 2.25. The van der Waals surface area contributed by atoms with Crippen LogP contribution in [0.15, 0.2) is 72.8 Å². The van der Waals surface area contributed by atoms with Gasteiger partial charge in [-0.05, 0) is 53.1 Å². The Morgan fingerprint density at radius 1 is 0.800 bits per heavy atom. The van der Waals surface area contributed by atoms with Crippen molar-refractivity contribution in [3.63, 3.8) is 0 Å². The molecule has 1 aliphatic heterocycles. The van der Waals surface area contributed by atoms with Crippen LogP contribution in [0.25, 0.3) is 0 Å². The molecule has 1 fully saturated rings. The second kappa shape index (κ2) is 12.3. The number of amides is 1. The van der Waals surface area contributed by atoms with E-state index in [1.54, 1.807) is 18.2 Å². The number of benzene rings is 3. The molecule has 1 amide bonds. The van der Waals surface area contributed by atoms with Crippen molar-refractivity contribution in [2.24, 2.45) is 0 Å². The first-order valence-corrected chi connectivity index (χ1v) is 12.8. The topological polar surface area (TPSA) is 49.4 Å². The predicted molar refractivity (Wildman–Crippen MR) is 142 cm³/mol. The van der Waals surface area contributed by atoms with E-state index in [-0.39, 0.29) is 18.1 Å². The molecule has 0 spiro atoms. The molecule has 0 unspecified atom stereocenters. The second-order valence-corrected chi connectivity index (χ2v) is 9.89. The summed E-state index contributed by atoms with van der Waals surface area (Å²) in [6.07, 6.45) is 2.50. The van der Waals surface area contributed by atoms with Crippen molar-refractivity contribution in [3.8, 4) is 0 Å². The zero-order chi connectivity index (χ0) is 24.6. The van der Waals surface area contributed by atoms with E-state index in [9.17, 15) is 9.59 Å². The van der Waals surface area contributed by atoms with Crippen molar-refractivity contribution >= 4 is 34.9 Å². The number of nitrogens with zero attached hydrogens (tertiary/aromatic N) is 1. The largest absolute Gasteiger partial charge is 0.342 e. The fourth-order valence-electron chi connectivity index (χ4n) is 4.57. The summed E-state index contributed by atoms with van der Waals surface area (Å²) in [7, 11) is 0. The molecular weight excluding hydrogens is 479 g/mol. The van der Waals surface area contributed by atoms with E-state index < -0.39 is 0 Å². The van der Waals surface area contributed by atoms with E-state index in [4.69, 9.17) is 23.2 Å². The summed E-state index contributed by atoms with van der Waals surface area (Å²) in [5.41, 5.74) is 4.17. The average molecular weight is 509 g/mol. The molecule has 0 bridgehead atoms. The summed E-state index contributed by atoms with van der Waals surface area (Å²) in [4.78, 5) is 27.0. The maximum Gasteiger partial charge on any atom is 0.227 e. The van der Waals surface area contributed by atoms with Crippen LogP contribution < -0.4 is 5.32 Å². The highest BCUT2D eigenvalue weighted by atomic mass is 35.5. The van der Waals surface area contributed by atoms with Crippen LogP contribution in [0.1, 0.15) is 41.0 Å². The Bertz CT molecular complexity index is 1120. The molecule has 0 aromatic heterocycles. The van der Waals surface area contributed by atoms with Gasteiger partial charge in [0.15, 0.2) is 5.78 Å². The monoisotopic (exact) mass is 508 g/mol. The number of Topliss-reactive ketones (excluding diaryl/α,β-unsaturated/α-hetero) is 1. The molecule has 1 saturated heterocycles. The van der Waals surface area contributed by atoms with E-state index in [1.807, 2.05) is 35.2 Å². The van der Waals surface area contributed by atoms with Gasteiger partial charge in [0.2, 0.25) is 5.91 Å². The molecule has 0 saturated carbocycles. The Morgan fingerprint density at radius 2 is 1.46 bits per heavy atom. The fourth-order valence-corrected chi connectivity index (χ4v) is 5.10. The molecule has 4 nitrogen and oxygen atoms in total. The number of carbonyl (C=O) groups excluding carboxylic acids is 2. The lowest BCUT2D eigenvalue weighted by Gasteiger charge is -2.32. The average Bonchev–Trinajstić information content (AvgIpc) is 2.87. The number of ketones is 1. The molecule has 3 aromatic carbocycles. The van der Waals surface area contributed by atoms with Crippen LogP contribution >= 0.6 is 23.2 Å². The van der Waals surface area contributed by atoms with Crippen LogP contribution in [-0.2, 0) is 29.0 Å². The number of halogens is 2. The predicted octanol–water partition coefficient (Wildman–Crippen LogP) is 5.84. The first kappa shape index (κ1) is 25.4. The zero-order valence-corrected chi connectivity index (χ0v) is 21.2. The van der Waals surface area contributed by atoms with E-state index in [2.05, 4.69) is 29.6 Å². The summed E-state index contributed by atoms with van der Waals surface area (Å²) in [5, 5.41) is 4.29. The molecule has 35 heavy (non-hydrogen) atoms. The SMILES string of the molecule is O=C(CNCc1ccccc1)Cc1ccc(C2CCN(C(=O)Cc3c(Cl)cccc3Cl)CC2)cc1. The number of piperidine rings is 1. The third-order valence-corrected chi connectivity index (χ3v) is 7.29. The van der Waals surface area contributed by atoms with Crippen LogP contribution in [0.4, 0.5) is 0 Å². The Kier molecular flexibility index (Phi) is 8.97. The van der Waals surface area contributed by atoms with Crippen molar-refractivity contribution in [3.05, 3.63) is 105 Å². The molecule has 6 heteroatoms. The molecule has 0 atom stereocenters. The van der Waals surface area contributed by atoms with Gasteiger partial charge in [0.25, 0.3) is 0 Å². The van der Waals surface area contributed by atoms with Gasteiger partial charge in [-0.3, -0.25) is 9.59 Å². The quantitative estimate of drug-likeness (QED) is 0.394. The van der Waals surface area contributed by atoms with Gasteiger partial charge in [-0.15, -0.1) is 0 Å². The number of hydrogen-bond donors (Lipinski definition) is 1. The molecule has 0 aliphatic carbocycles. The van der Waals surface area contributed by atoms with Gasteiger partial charge in [-0.1, -0.05) is 83.9 Å². The number of carbonyl (C=O) groups is 2. The zero-order valence-electron chi connectivity index (χ0n) is 19.7. The van der Waals surface area contributed by atoms with Gasteiger partial charge in [0.05, 0.1) is 13.0 Å². The van der Waals surface area contributed by atoms with Crippen LogP contribution in [0.5, 0.6) is 0 Å². The summed E-state index contributed by atoms with van der Waals surface area (Å²) in [5.74, 6) is 0.660. The maximum absolute atomic E-state index is 12.8. The molecule has 3 aromatic rings. The van der Waals surface area contributed by atoms with Crippen LogP contribution in [0.2, 0.25) is 10.0 Å². The van der Waals surface area contributed by atoms with Crippen molar-refractivity contribution in [1.82, 2.24) is 10.2 Å². The Morgan fingerprint density at radius 3 is 2.11 bits per heavy atom. The number of rotatable bonds is 9. The van der Waals surface area contributed by atoms with E-state index >= 15 is 0 Å². The van der Waals surface area contributed by atoms with Crippen LogP contribution in [0.3, 0.4) is 0 Å². The van der Waals surface area contributed by atoms with Gasteiger partial charge in [-0.2, -0.15) is 0 Å². The molecule has 0 radical (unpaired) electrons. The Balaban J connectivity index is 1.22.